The molecule has 0 bridgehead atoms. The largest absolute Gasteiger partial charge is 0.493 e. The van der Waals surface area contributed by atoms with Crippen molar-refractivity contribution >= 4 is 72.6 Å². The number of amides is 2. The van der Waals surface area contributed by atoms with Gasteiger partial charge in [-0.1, -0.05) is 58.0 Å². The Morgan fingerprint density at radius 1 is 0.765 bits per heavy atom. The maximum Gasteiger partial charge on any atom is 0.275 e. The van der Waals surface area contributed by atoms with E-state index >= 15 is 0 Å². The van der Waals surface area contributed by atoms with Gasteiger partial charge in [0.25, 0.3) is 21.9 Å². The van der Waals surface area contributed by atoms with E-state index in [1.165, 1.54) is 28.1 Å². The van der Waals surface area contributed by atoms with Crippen LogP contribution in [0.4, 0.5) is 17.1 Å². The average molecular weight is 1160 g/mol. The molecule has 2 amide bonds. The van der Waals surface area contributed by atoms with Gasteiger partial charge in [0.1, 0.15) is 24.2 Å². The molecule has 5 aromatic carbocycles. The minimum Gasteiger partial charge on any atom is -0.493 e. The van der Waals surface area contributed by atoms with Gasteiger partial charge >= 0.3 is 0 Å². The molecule has 81 heavy (non-hydrogen) atoms. The number of Topliss-reactive ketones (excluding diaryl/α,β-unsaturated/α-hetero) is 1. The van der Waals surface area contributed by atoms with Crippen LogP contribution in [0, 0.1) is 6.92 Å². The highest BCUT2D eigenvalue weighted by Gasteiger charge is 2.39. The van der Waals surface area contributed by atoms with Crippen molar-refractivity contribution in [3.63, 3.8) is 0 Å². The van der Waals surface area contributed by atoms with Gasteiger partial charge in [-0.3, -0.25) is 23.9 Å². The molecule has 0 saturated carbocycles. The summed E-state index contributed by atoms with van der Waals surface area (Å²) < 4.78 is 70.4. The molecule has 19 heteroatoms. The van der Waals surface area contributed by atoms with E-state index < -0.39 is 25.9 Å². The van der Waals surface area contributed by atoms with Gasteiger partial charge in [0.2, 0.25) is 0 Å². The molecule has 4 aliphatic heterocycles. The lowest BCUT2D eigenvalue weighted by Gasteiger charge is -2.34. The molecule has 16 nitrogen and oxygen atoms in total. The third kappa shape index (κ3) is 14.5. The third-order valence-electron chi connectivity index (χ3n) is 15.3. The lowest BCUT2D eigenvalue weighted by atomic mass is 9.98. The number of aryl methyl sites for hydroxylation is 3. The van der Waals surface area contributed by atoms with Gasteiger partial charge in [-0.2, -0.15) is 8.42 Å². The monoisotopic (exact) mass is 1160 g/mol. The van der Waals surface area contributed by atoms with Crippen molar-refractivity contribution < 1.29 is 55.8 Å². The zero-order chi connectivity index (χ0) is 57.3. The first kappa shape index (κ1) is 59.7. The van der Waals surface area contributed by atoms with Crippen LogP contribution in [0.5, 0.6) is 17.2 Å². The summed E-state index contributed by atoms with van der Waals surface area (Å²) in [5.41, 5.74) is 11.0. The number of hydrogen-bond acceptors (Lipinski definition) is 15. The van der Waals surface area contributed by atoms with Gasteiger partial charge < -0.3 is 43.1 Å². The molecule has 0 aliphatic carbocycles. The lowest BCUT2D eigenvalue weighted by molar-refractivity contribution is -0.117. The maximum absolute atomic E-state index is 14.3. The van der Waals surface area contributed by atoms with E-state index in [9.17, 15) is 27.4 Å². The minimum atomic E-state index is -4.63. The lowest BCUT2D eigenvalue weighted by Crippen LogP contribution is -2.38. The number of carbonyl (C=O) groups is 3. The predicted molar refractivity (Wildman–Crippen MR) is 321 cm³/mol. The summed E-state index contributed by atoms with van der Waals surface area (Å²) in [7, 11) is 1.59. The van der Waals surface area contributed by atoms with Crippen molar-refractivity contribution in [2.75, 3.05) is 87.3 Å². The first-order valence-corrected chi connectivity index (χ1v) is 31.6. The summed E-state index contributed by atoms with van der Waals surface area (Å²) >= 11 is 0. The number of methoxy groups -OCH3 is 2. The van der Waals surface area contributed by atoms with E-state index in [4.69, 9.17) is 28.4 Å². The van der Waals surface area contributed by atoms with Crippen molar-refractivity contribution in [2.24, 2.45) is 4.99 Å². The van der Waals surface area contributed by atoms with E-state index in [0.29, 0.717) is 80.9 Å². The molecule has 9 rings (SSSR count). The minimum absolute atomic E-state index is 0.0189. The Kier molecular flexibility index (Phi) is 19.9. The fraction of sp³-hybridized carbons (Fsp3) is 0.452. The molecule has 1 unspecified atom stereocenters. The molecule has 4 aliphatic rings. The van der Waals surface area contributed by atoms with Crippen LogP contribution in [0.2, 0.25) is 0 Å². The molecule has 3 atom stereocenters. The SMILES string of the molecule is CC=NCC(=O)C(CCSSC(C)(C)CN(CCOCCOCCOC)c1cc(COc2cc3c(cc2C)C(=O)N2c4ccccc4C[C@H]2CC3)cc(COc2cc3c(cc2OC)C(=O)N2c4ccccc4C[C@H]2CC3)c1)S(=O)(=O)O. The second-order valence-corrected chi connectivity index (χ2v) is 26.3. The second-order valence-electron chi connectivity index (χ2n) is 21.6. The van der Waals surface area contributed by atoms with E-state index in [-0.39, 0.29) is 55.8 Å². The molecule has 432 valence electrons. The number of ether oxygens (including phenoxy) is 6. The van der Waals surface area contributed by atoms with Gasteiger partial charge in [-0.25, -0.2) is 0 Å². The summed E-state index contributed by atoms with van der Waals surface area (Å²) in [6, 6.07) is 30.5. The van der Waals surface area contributed by atoms with Crippen LogP contribution < -0.4 is 28.9 Å². The molecule has 0 saturated heterocycles. The standard InChI is InChI=1S/C62H74N4O12S3/c1-7-63-37-55(67)59(81(70,71)72)20-27-79-80-62(3,4)40-64(21-22-75-25-26-76-24-23-73-5)50-30-42(38-77-56-34-44-16-18-48-32-46-12-8-10-14-53(46)65(48)60(68)51(44)28-41(56)2)29-43(31-50)39-78-58-35-45-17-19-49-33-47-13-9-11-15-54(47)66(49)61(69)52(45)36-57(58)74-6/h7-15,28-31,34-36,48-49,59H,16-27,32-33,37-40H2,1-6H3,(H,70,71,72)/t48-,49-,59?/m1/s1. The zero-order valence-electron chi connectivity index (χ0n) is 47.1. The Balaban J connectivity index is 0.990. The number of rotatable bonds is 28. The predicted octanol–water partition coefficient (Wildman–Crippen LogP) is 10.1. The first-order chi connectivity index (χ1) is 39.0. The van der Waals surface area contributed by atoms with Crippen molar-refractivity contribution in [1.82, 2.24) is 0 Å². The van der Waals surface area contributed by atoms with E-state index in [2.05, 4.69) is 54.1 Å². The van der Waals surface area contributed by atoms with Crippen LogP contribution in [-0.4, -0.2) is 132 Å². The van der Waals surface area contributed by atoms with Crippen LogP contribution in [-0.2, 0) is 68.0 Å². The van der Waals surface area contributed by atoms with E-state index in [0.717, 1.165) is 77.0 Å². The van der Waals surface area contributed by atoms with Crippen molar-refractivity contribution in [1.29, 1.82) is 0 Å². The fourth-order valence-electron chi connectivity index (χ4n) is 11.4. The molecular weight excluding hydrogens is 1090 g/mol. The van der Waals surface area contributed by atoms with Crippen LogP contribution in [0.1, 0.15) is 99.7 Å². The Morgan fingerprint density at radius 2 is 1.33 bits per heavy atom. The van der Waals surface area contributed by atoms with Gasteiger partial charge in [0.15, 0.2) is 17.3 Å². The highest BCUT2D eigenvalue weighted by molar-refractivity contribution is 8.77. The molecular formula is C62H74N4O12S3. The Labute approximate surface area is 484 Å². The van der Waals surface area contributed by atoms with Crippen molar-refractivity contribution in [3.8, 4) is 17.2 Å². The molecule has 0 spiro atoms. The maximum atomic E-state index is 14.3. The van der Waals surface area contributed by atoms with Crippen molar-refractivity contribution in [3.05, 3.63) is 141 Å². The van der Waals surface area contributed by atoms with Crippen LogP contribution in [0.15, 0.2) is 96.0 Å². The highest BCUT2D eigenvalue weighted by Crippen LogP contribution is 2.43. The number of aliphatic imine (C=N–C) groups is 1. The summed E-state index contributed by atoms with van der Waals surface area (Å²) in [6.07, 6.45) is 6.11. The molecule has 4 heterocycles. The summed E-state index contributed by atoms with van der Waals surface area (Å²) in [6.45, 7) is 11.0. The topological polar surface area (TPSA) is 183 Å². The molecule has 5 aromatic rings. The summed E-state index contributed by atoms with van der Waals surface area (Å²) in [4.78, 5) is 51.5. The average Bonchev–Trinajstić information content (AvgIpc) is 3.64. The zero-order valence-corrected chi connectivity index (χ0v) is 49.6. The number of nitrogens with zero attached hydrogens (tertiary/aromatic N) is 4. The third-order valence-corrected chi connectivity index (χ3v) is 19.8. The molecule has 0 radical (unpaired) electrons. The number of ketones is 1. The smallest absolute Gasteiger partial charge is 0.275 e. The van der Waals surface area contributed by atoms with Crippen LogP contribution in [0.3, 0.4) is 0 Å². The van der Waals surface area contributed by atoms with E-state index in [1.807, 2.05) is 77.4 Å². The molecule has 1 N–H and O–H groups in total. The normalized spacial score (nSPS) is 16.9. The number of anilines is 3. The molecule has 0 fully saturated rings. The summed E-state index contributed by atoms with van der Waals surface area (Å²) in [5, 5.41) is -1.56. The van der Waals surface area contributed by atoms with E-state index in [1.54, 1.807) is 31.9 Å². The number of carbonyl (C=O) groups excluding carboxylic acids is 3. The molecule has 0 aromatic heterocycles. The van der Waals surface area contributed by atoms with Gasteiger partial charge in [0.05, 0.1) is 46.7 Å². The Morgan fingerprint density at radius 3 is 1.93 bits per heavy atom. The van der Waals surface area contributed by atoms with Gasteiger partial charge in [0, 0.05) is 71.0 Å². The number of hydrogen-bond donors (Lipinski definition) is 1. The van der Waals surface area contributed by atoms with Crippen molar-refractivity contribution in [2.45, 2.75) is 108 Å². The second kappa shape index (κ2) is 27.0. The Hall–Kier alpha value is -5.93. The number of fused-ring (bicyclic) bond motifs is 8. The van der Waals surface area contributed by atoms with Crippen LogP contribution >= 0.6 is 21.6 Å². The number of benzene rings is 5. The quantitative estimate of drug-likeness (QED) is 0.0216. The van der Waals surface area contributed by atoms with Gasteiger partial charge in [-0.15, -0.1) is 0 Å². The first-order valence-electron chi connectivity index (χ1n) is 27.7. The van der Waals surface area contributed by atoms with Crippen LogP contribution in [0.25, 0.3) is 0 Å². The fourth-order valence-corrected chi connectivity index (χ4v) is 14.9. The number of para-hydroxylation sites is 2. The summed E-state index contributed by atoms with van der Waals surface area (Å²) in [5.74, 6) is 1.29. The van der Waals surface area contributed by atoms with Gasteiger partial charge in [-0.05, 0) is 172 Å². The Bertz CT molecular complexity index is 3230. The highest BCUT2D eigenvalue weighted by atomic mass is 33.1.